The van der Waals surface area contributed by atoms with Crippen LogP contribution in [-0.2, 0) is 11.3 Å². The molecule has 1 saturated heterocycles. The summed E-state index contributed by atoms with van der Waals surface area (Å²) in [6, 6.07) is 5.40. The largest absolute Gasteiger partial charge is 0.480 e. The van der Waals surface area contributed by atoms with E-state index in [2.05, 4.69) is 10.1 Å². The van der Waals surface area contributed by atoms with Gasteiger partial charge in [0.1, 0.15) is 6.04 Å². The number of non-ortho nitro benzene ring substituents is 1. The highest BCUT2D eigenvalue weighted by Gasteiger charge is 2.31. The lowest BCUT2D eigenvalue weighted by Crippen LogP contribution is -2.35. The quantitative estimate of drug-likeness (QED) is 0.639. The van der Waals surface area contributed by atoms with Gasteiger partial charge < -0.3 is 9.63 Å². The molecular formula is C14H15ClN4O5. The zero-order valence-electron chi connectivity index (χ0n) is 12.5. The van der Waals surface area contributed by atoms with Crippen LogP contribution in [0.4, 0.5) is 5.69 Å². The molecule has 0 aliphatic carbocycles. The van der Waals surface area contributed by atoms with E-state index in [1.807, 2.05) is 0 Å². The van der Waals surface area contributed by atoms with E-state index in [0.717, 1.165) is 6.42 Å². The van der Waals surface area contributed by atoms with Gasteiger partial charge >= 0.3 is 5.97 Å². The van der Waals surface area contributed by atoms with Gasteiger partial charge in [-0.3, -0.25) is 19.8 Å². The maximum atomic E-state index is 11.2. The highest BCUT2D eigenvalue weighted by Crippen LogP contribution is 2.23. The molecule has 2 aromatic rings. The number of nitro groups is 1. The molecule has 0 bridgehead atoms. The molecule has 128 valence electrons. The molecule has 1 aliphatic heterocycles. The van der Waals surface area contributed by atoms with Crippen molar-refractivity contribution < 1.29 is 19.3 Å². The number of nitro benzene ring substituents is 1. The second kappa shape index (κ2) is 7.37. The summed E-state index contributed by atoms with van der Waals surface area (Å²) in [6.45, 7) is 0.907. The van der Waals surface area contributed by atoms with Gasteiger partial charge in [0.05, 0.1) is 11.5 Å². The van der Waals surface area contributed by atoms with E-state index in [1.165, 1.54) is 12.1 Å². The summed E-state index contributed by atoms with van der Waals surface area (Å²) in [5, 5.41) is 23.8. The molecule has 1 fully saturated rings. The number of aromatic nitrogens is 2. The van der Waals surface area contributed by atoms with E-state index in [4.69, 9.17) is 9.63 Å². The maximum absolute atomic E-state index is 11.2. The Bertz CT molecular complexity index is 750. The molecule has 0 amide bonds. The molecule has 1 atom stereocenters. The molecule has 1 N–H and O–H groups in total. The van der Waals surface area contributed by atoms with E-state index in [1.54, 1.807) is 17.0 Å². The number of likely N-dealkylation sites (tertiary alicyclic amines) is 1. The van der Waals surface area contributed by atoms with Crippen molar-refractivity contribution >= 4 is 24.1 Å². The molecule has 10 heteroatoms. The molecule has 1 aromatic carbocycles. The van der Waals surface area contributed by atoms with E-state index in [0.29, 0.717) is 24.4 Å². The number of aliphatic carboxylic acids is 1. The van der Waals surface area contributed by atoms with Crippen molar-refractivity contribution in [3.05, 3.63) is 40.3 Å². The van der Waals surface area contributed by atoms with Gasteiger partial charge in [-0.2, -0.15) is 4.98 Å². The Morgan fingerprint density at radius 2 is 2.29 bits per heavy atom. The van der Waals surface area contributed by atoms with Gasteiger partial charge in [0.25, 0.3) is 5.69 Å². The van der Waals surface area contributed by atoms with Crippen LogP contribution in [0.5, 0.6) is 0 Å². The fraction of sp³-hybridized carbons (Fsp3) is 0.357. The first-order valence-electron chi connectivity index (χ1n) is 7.09. The van der Waals surface area contributed by atoms with Crippen LogP contribution < -0.4 is 0 Å². The molecule has 3 rings (SSSR count). The lowest BCUT2D eigenvalue weighted by atomic mass is 10.2. The van der Waals surface area contributed by atoms with Crippen LogP contribution in [0, 0.1) is 10.1 Å². The normalized spacial score (nSPS) is 17.4. The minimum Gasteiger partial charge on any atom is -0.480 e. The Kier molecular flexibility index (Phi) is 5.47. The minimum absolute atomic E-state index is 0. The second-order valence-corrected chi connectivity index (χ2v) is 5.29. The van der Waals surface area contributed by atoms with Crippen LogP contribution in [0.1, 0.15) is 18.7 Å². The van der Waals surface area contributed by atoms with Crippen LogP contribution in [0.2, 0.25) is 0 Å². The summed E-state index contributed by atoms with van der Waals surface area (Å²) >= 11 is 0. The van der Waals surface area contributed by atoms with Crippen LogP contribution in [0.15, 0.2) is 28.8 Å². The molecule has 24 heavy (non-hydrogen) atoms. The number of hydrogen-bond donors (Lipinski definition) is 1. The Hall–Kier alpha value is -2.52. The molecule has 1 unspecified atom stereocenters. The van der Waals surface area contributed by atoms with E-state index >= 15 is 0 Å². The number of halogens is 1. The number of carboxylic acids is 1. The fourth-order valence-corrected chi connectivity index (χ4v) is 2.66. The van der Waals surface area contributed by atoms with Crippen molar-refractivity contribution in [3.8, 4) is 11.4 Å². The number of nitrogens with zero attached hydrogens (tertiary/aromatic N) is 4. The maximum Gasteiger partial charge on any atom is 0.320 e. The molecule has 0 radical (unpaired) electrons. The minimum atomic E-state index is -0.860. The third-order valence-corrected chi connectivity index (χ3v) is 3.77. The lowest BCUT2D eigenvalue weighted by Gasteiger charge is -2.18. The molecule has 1 aliphatic rings. The van der Waals surface area contributed by atoms with Gasteiger partial charge in [-0.1, -0.05) is 17.3 Å². The number of hydrogen-bond acceptors (Lipinski definition) is 7. The number of carboxylic acid groups (broad SMARTS) is 1. The van der Waals surface area contributed by atoms with E-state index in [-0.39, 0.29) is 30.5 Å². The first-order valence-corrected chi connectivity index (χ1v) is 7.09. The Labute approximate surface area is 142 Å². The van der Waals surface area contributed by atoms with Gasteiger partial charge in [0.2, 0.25) is 11.7 Å². The summed E-state index contributed by atoms with van der Waals surface area (Å²) in [6.07, 6.45) is 1.41. The summed E-state index contributed by atoms with van der Waals surface area (Å²) in [4.78, 5) is 27.4. The van der Waals surface area contributed by atoms with Gasteiger partial charge in [-0.05, 0) is 19.4 Å². The highest BCUT2D eigenvalue weighted by atomic mass is 35.5. The third-order valence-electron chi connectivity index (χ3n) is 3.77. The van der Waals surface area contributed by atoms with E-state index in [9.17, 15) is 14.9 Å². The number of rotatable bonds is 5. The first-order chi connectivity index (χ1) is 11.0. The zero-order chi connectivity index (χ0) is 16.4. The molecule has 1 aromatic heterocycles. The van der Waals surface area contributed by atoms with E-state index < -0.39 is 16.9 Å². The summed E-state index contributed by atoms with van der Waals surface area (Å²) in [5.74, 6) is -0.324. The Morgan fingerprint density at radius 3 is 3.00 bits per heavy atom. The second-order valence-electron chi connectivity index (χ2n) is 5.29. The van der Waals surface area contributed by atoms with Crippen molar-refractivity contribution in [3.63, 3.8) is 0 Å². The van der Waals surface area contributed by atoms with Crippen molar-refractivity contribution in [2.75, 3.05) is 6.54 Å². The predicted molar refractivity (Wildman–Crippen MR) is 84.7 cm³/mol. The lowest BCUT2D eigenvalue weighted by molar-refractivity contribution is -0.384. The molecule has 9 nitrogen and oxygen atoms in total. The van der Waals surface area contributed by atoms with Crippen LogP contribution in [0.3, 0.4) is 0 Å². The molecule has 0 spiro atoms. The monoisotopic (exact) mass is 354 g/mol. The Morgan fingerprint density at radius 1 is 1.50 bits per heavy atom. The predicted octanol–water partition coefficient (Wildman–Crippen LogP) is 2.12. The smallest absolute Gasteiger partial charge is 0.320 e. The molecule has 0 saturated carbocycles. The van der Waals surface area contributed by atoms with Gasteiger partial charge in [-0.15, -0.1) is 12.4 Å². The van der Waals surface area contributed by atoms with Crippen molar-refractivity contribution in [1.82, 2.24) is 15.0 Å². The molecule has 2 heterocycles. The third kappa shape index (κ3) is 3.69. The SMILES string of the molecule is Cl.O=C(O)C1CCCN1Cc1nc(-c2cccc([N+](=O)[O-])c2)no1. The zero-order valence-corrected chi connectivity index (χ0v) is 13.3. The fourth-order valence-electron chi connectivity index (χ4n) is 2.66. The van der Waals surface area contributed by atoms with Gasteiger partial charge in [0, 0.05) is 17.7 Å². The molecular weight excluding hydrogens is 340 g/mol. The number of carbonyl (C=O) groups is 1. The summed E-state index contributed by atoms with van der Waals surface area (Å²) < 4.78 is 5.14. The first kappa shape index (κ1) is 17.8. The van der Waals surface area contributed by atoms with Crippen molar-refractivity contribution in [2.45, 2.75) is 25.4 Å². The average Bonchev–Trinajstić information content (AvgIpc) is 3.17. The standard InChI is InChI=1S/C14H14N4O5.ClH/c19-14(20)11-5-2-6-17(11)8-12-15-13(16-23-12)9-3-1-4-10(7-9)18(21)22;/h1,3-4,7,11H,2,5-6,8H2,(H,19,20);1H. The summed E-state index contributed by atoms with van der Waals surface area (Å²) in [5.41, 5.74) is 0.421. The van der Waals surface area contributed by atoms with Gasteiger partial charge in [-0.25, -0.2) is 0 Å². The van der Waals surface area contributed by atoms with Crippen LogP contribution >= 0.6 is 12.4 Å². The Balaban J connectivity index is 0.00000208. The van der Waals surface area contributed by atoms with Crippen LogP contribution in [-0.4, -0.2) is 43.6 Å². The van der Waals surface area contributed by atoms with Crippen molar-refractivity contribution in [2.24, 2.45) is 0 Å². The van der Waals surface area contributed by atoms with Gasteiger partial charge in [0.15, 0.2) is 0 Å². The van der Waals surface area contributed by atoms with Crippen LogP contribution in [0.25, 0.3) is 11.4 Å². The van der Waals surface area contributed by atoms with Crippen molar-refractivity contribution in [1.29, 1.82) is 0 Å². The number of benzene rings is 1. The topological polar surface area (TPSA) is 123 Å². The highest BCUT2D eigenvalue weighted by molar-refractivity contribution is 5.85. The average molecular weight is 355 g/mol. The summed E-state index contributed by atoms with van der Waals surface area (Å²) in [7, 11) is 0.